The number of amides is 1. The molecular formula is C10H10ClNO3. The summed E-state index contributed by atoms with van der Waals surface area (Å²) >= 11 is 5.82. The lowest BCUT2D eigenvalue weighted by Crippen LogP contribution is -2.29. The van der Waals surface area contributed by atoms with E-state index in [0.29, 0.717) is 10.6 Å². The normalized spacial score (nSPS) is 9.73. The van der Waals surface area contributed by atoms with E-state index in [2.05, 4.69) is 5.32 Å². The molecule has 0 aliphatic carbocycles. The molecule has 0 unspecified atom stereocenters. The monoisotopic (exact) mass is 227 g/mol. The largest absolute Gasteiger partial charge is 0.480 e. The van der Waals surface area contributed by atoms with Crippen LogP contribution >= 0.6 is 11.6 Å². The van der Waals surface area contributed by atoms with Gasteiger partial charge in [-0.1, -0.05) is 17.7 Å². The molecule has 0 fully saturated rings. The van der Waals surface area contributed by atoms with E-state index < -0.39 is 18.4 Å². The Morgan fingerprint density at radius 2 is 2.13 bits per heavy atom. The number of hydrogen-bond acceptors (Lipinski definition) is 2. The minimum atomic E-state index is -1.08. The number of carboxylic acids is 1. The predicted octanol–water partition coefficient (Wildman–Crippen LogP) is 1.46. The second kappa shape index (κ2) is 4.79. The molecule has 0 heterocycles. The Morgan fingerprint density at radius 1 is 1.47 bits per heavy atom. The van der Waals surface area contributed by atoms with Crippen molar-refractivity contribution in [2.75, 3.05) is 6.54 Å². The number of halogens is 1. The van der Waals surface area contributed by atoms with Gasteiger partial charge in [0.05, 0.1) is 0 Å². The van der Waals surface area contributed by atoms with Gasteiger partial charge in [-0.05, 0) is 24.6 Å². The average molecular weight is 228 g/mol. The third kappa shape index (κ3) is 3.25. The first-order chi connectivity index (χ1) is 7.00. The van der Waals surface area contributed by atoms with Crippen LogP contribution in [-0.4, -0.2) is 23.5 Å². The SMILES string of the molecule is Cc1ccc(C(=O)NCC(=O)O)cc1Cl. The molecule has 4 nitrogen and oxygen atoms in total. The zero-order chi connectivity index (χ0) is 11.4. The number of aliphatic carboxylic acids is 1. The van der Waals surface area contributed by atoms with E-state index in [9.17, 15) is 9.59 Å². The van der Waals surface area contributed by atoms with Crippen molar-refractivity contribution in [3.63, 3.8) is 0 Å². The van der Waals surface area contributed by atoms with E-state index in [0.717, 1.165) is 5.56 Å². The van der Waals surface area contributed by atoms with Gasteiger partial charge in [0.1, 0.15) is 6.54 Å². The zero-order valence-corrected chi connectivity index (χ0v) is 8.84. The molecule has 0 bridgehead atoms. The lowest BCUT2D eigenvalue weighted by molar-refractivity contribution is -0.135. The van der Waals surface area contributed by atoms with Crippen molar-refractivity contribution in [1.82, 2.24) is 5.32 Å². The Bertz CT molecular complexity index is 404. The zero-order valence-electron chi connectivity index (χ0n) is 8.08. The molecule has 2 N–H and O–H groups in total. The lowest BCUT2D eigenvalue weighted by Gasteiger charge is -2.04. The van der Waals surface area contributed by atoms with Crippen LogP contribution in [0.15, 0.2) is 18.2 Å². The molecule has 1 amide bonds. The first-order valence-corrected chi connectivity index (χ1v) is 4.64. The summed E-state index contributed by atoms with van der Waals surface area (Å²) in [6, 6.07) is 4.81. The minimum absolute atomic E-state index is 0.354. The maximum atomic E-state index is 11.4. The van der Waals surface area contributed by atoms with E-state index in [-0.39, 0.29) is 0 Å². The van der Waals surface area contributed by atoms with Gasteiger partial charge in [0.25, 0.3) is 5.91 Å². The van der Waals surface area contributed by atoms with Crippen LogP contribution in [0.2, 0.25) is 5.02 Å². The molecule has 0 saturated carbocycles. The minimum Gasteiger partial charge on any atom is -0.480 e. The molecule has 15 heavy (non-hydrogen) atoms. The Balaban J connectivity index is 2.74. The van der Waals surface area contributed by atoms with Crippen molar-refractivity contribution in [3.05, 3.63) is 34.3 Å². The molecule has 0 radical (unpaired) electrons. The quantitative estimate of drug-likeness (QED) is 0.822. The highest BCUT2D eigenvalue weighted by atomic mass is 35.5. The number of nitrogens with one attached hydrogen (secondary N) is 1. The van der Waals surface area contributed by atoms with E-state index in [1.165, 1.54) is 6.07 Å². The van der Waals surface area contributed by atoms with Crippen molar-refractivity contribution < 1.29 is 14.7 Å². The summed E-state index contributed by atoms with van der Waals surface area (Å²) in [5.41, 5.74) is 1.22. The van der Waals surface area contributed by atoms with Crippen LogP contribution < -0.4 is 5.32 Å². The van der Waals surface area contributed by atoms with Crippen LogP contribution in [0.25, 0.3) is 0 Å². The van der Waals surface area contributed by atoms with Gasteiger partial charge in [0, 0.05) is 10.6 Å². The number of rotatable bonds is 3. The summed E-state index contributed by atoms with van der Waals surface area (Å²) in [4.78, 5) is 21.6. The number of benzene rings is 1. The van der Waals surface area contributed by atoms with E-state index >= 15 is 0 Å². The molecule has 0 atom stereocenters. The summed E-state index contributed by atoms with van der Waals surface area (Å²) in [5, 5.41) is 11.1. The van der Waals surface area contributed by atoms with Gasteiger partial charge in [-0.25, -0.2) is 0 Å². The number of hydrogen-bond donors (Lipinski definition) is 2. The standard InChI is InChI=1S/C10H10ClNO3/c1-6-2-3-7(4-8(6)11)10(15)12-5-9(13)14/h2-4H,5H2,1H3,(H,12,15)(H,13,14). The Kier molecular flexibility index (Phi) is 3.68. The van der Waals surface area contributed by atoms with Gasteiger partial charge in [0.15, 0.2) is 0 Å². The molecule has 0 aliphatic heterocycles. The first-order valence-electron chi connectivity index (χ1n) is 4.27. The summed E-state index contributed by atoms with van der Waals surface area (Å²) in [5.74, 6) is -1.53. The summed E-state index contributed by atoms with van der Waals surface area (Å²) in [6.45, 7) is 1.42. The van der Waals surface area contributed by atoms with Gasteiger partial charge < -0.3 is 10.4 Å². The highest BCUT2D eigenvalue weighted by Gasteiger charge is 2.08. The second-order valence-electron chi connectivity index (χ2n) is 3.04. The average Bonchev–Trinajstić information content (AvgIpc) is 2.18. The highest BCUT2D eigenvalue weighted by molar-refractivity contribution is 6.31. The Labute approximate surface area is 91.9 Å². The first kappa shape index (κ1) is 11.5. The van der Waals surface area contributed by atoms with Crippen LogP contribution in [-0.2, 0) is 4.79 Å². The molecule has 1 rings (SSSR count). The van der Waals surface area contributed by atoms with Crippen molar-refractivity contribution in [2.24, 2.45) is 0 Å². The number of carboxylic acid groups (broad SMARTS) is 1. The summed E-state index contributed by atoms with van der Waals surface area (Å²) in [6.07, 6.45) is 0. The fourth-order valence-electron chi connectivity index (χ4n) is 0.992. The van der Waals surface area contributed by atoms with Gasteiger partial charge in [0.2, 0.25) is 0 Å². The van der Waals surface area contributed by atoms with Crippen molar-refractivity contribution in [2.45, 2.75) is 6.92 Å². The molecular weight excluding hydrogens is 218 g/mol. The topological polar surface area (TPSA) is 66.4 Å². The van der Waals surface area contributed by atoms with Crippen molar-refractivity contribution in [1.29, 1.82) is 0 Å². The van der Waals surface area contributed by atoms with Gasteiger partial charge in [-0.2, -0.15) is 0 Å². The van der Waals surface area contributed by atoms with Crippen LogP contribution in [0.5, 0.6) is 0 Å². The van der Waals surface area contributed by atoms with E-state index in [1.807, 2.05) is 6.92 Å². The molecule has 0 spiro atoms. The molecule has 1 aromatic rings. The number of aryl methyl sites for hydroxylation is 1. The molecule has 80 valence electrons. The number of carbonyl (C=O) groups excluding carboxylic acids is 1. The molecule has 0 saturated heterocycles. The second-order valence-corrected chi connectivity index (χ2v) is 3.45. The van der Waals surface area contributed by atoms with Crippen LogP contribution in [0.1, 0.15) is 15.9 Å². The van der Waals surface area contributed by atoms with Gasteiger partial charge >= 0.3 is 5.97 Å². The van der Waals surface area contributed by atoms with Gasteiger partial charge in [-0.3, -0.25) is 9.59 Å². The van der Waals surface area contributed by atoms with E-state index in [4.69, 9.17) is 16.7 Å². The summed E-state index contributed by atoms with van der Waals surface area (Å²) < 4.78 is 0. The smallest absolute Gasteiger partial charge is 0.322 e. The molecule has 1 aromatic carbocycles. The van der Waals surface area contributed by atoms with Crippen molar-refractivity contribution >= 4 is 23.5 Å². The molecule has 0 aromatic heterocycles. The fourth-order valence-corrected chi connectivity index (χ4v) is 1.17. The Hall–Kier alpha value is -1.55. The maximum absolute atomic E-state index is 11.4. The fraction of sp³-hybridized carbons (Fsp3) is 0.200. The van der Waals surface area contributed by atoms with Crippen LogP contribution in [0, 0.1) is 6.92 Å². The van der Waals surface area contributed by atoms with Crippen LogP contribution in [0.4, 0.5) is 0 Å². The lowest BCUT2D eigenvalue weighted by atomic mass is 10.1. The third-order valence-corrected chi connectivity index (χ3v) is 2.24. The van der Waals surface area contributed by atoms with Gasteiger partial charge in [-0.15, -0.1) is 0 Å². The predicted molar refractivity (Wildman–Crippen MR) is 56.2 cm³/mol. The molecule has 0 aliphatic rings. The highest BCUT2D eigenvalue weighted by Crippen LogP contribution is 2.16. The van der Waals surface area contributed by atoms with E-state index in [1.54, 1.807) is 12.1 Å². The molecule has 5 heteroatoms. The maximum Gasteiger partial charge on any atom is 0.322 e. The van der Waals surface area contributed by atoms with Crippen molar-refractivity contribution in [3.8, 4) is 0 Å². The summed E-state index contributed by atoms with van der Waals surface area (Å²) in [7, 11) is 0. The number of carbonyl (C=O) groups is 2. The third-order valence-electron chi connectivity index (χ3n) is 1.83. The van der Waals surface area contributed by atoms with Crippen LogP contribution in [0.3, 0.4) is 0 Å². The Morgan fingerprint density at radius 3 is 2.67 bits per heavy atom.